The fourth-order valence-corrected chi connectivity index (χ4v) is 4.58. The predicted octanol–water partition coefficient (Wildman–Crippen LogP) is 4.80. The average molecular weight is 460 g/mol. The first-order chi connectivity index (χ1) is 14.8. The van der Waals surface area contributed by atoms with E-state index < -0.39 is 11.1 Å². The van der Waals surface area contributed by atoms with Gasteiger partial charge in [0, 0.05) is 23.7 Å². The molecule has 1 N–H and O–H groups in total. The van der Waals surface area contributed by atoms with Crippen molar-refractivity contribution in [1.29, 1.82) is 0 Å². The summed E-state index contributed by atoms with van der Waals surface area (Å²) < 4.78 is 13.4. The molecule has 1 saturated heterocycles. The molecule has 0 bridgehead atoms. The normalized spacial score (nSPS) is 19.7. The molecule has 160 valence electrons. The van der Waals surface area contributed by atoms with E-state index in [1.807, 2.05) is 0 Å². The monoisotopic (exact) mass is 459 g/mol. The Morgan fingerprint density at radius 2 is 1.94 bits per heavy atom. The molecule has 0 aromatic heterocycles. The molecule has 2 fully saturated rings. The third-order valence-corrected chi connectivity index (χ3v) is 6.39. The molecule has 4 rings (SSSR count). The molecule has 1 aliphatic heterocycles. The van der Waals surface area contributed by atoms with Crippen LogP contribution in [-0.4, -0.2) is 39.0 Å². The Hall–Kier alpha value is -2.71. The third-order valence-electron chi connectivity index (χ3n) is 4.95. The number of nitrogens with one attached hydrogen (secondary N) is 1. The second-order valence-corrected chi connectivity index (χ2v) is 9.00. The number of carbonyl (C=O) groups is 3. The summed E-state index contributed by atoms with van der Waals surface area (Å²) in [4.78, 5) is 42.9. The van der Waals surface area contributed by atoms with E-state index in [0.717, 1.165) is 12.8 Å². The number of hydrogen-bond donors (Lipinski definition) is 1. The van der Waals surface area contributed by atoms with E-state index in [2.05, 4.69) is 10.3 Å². The lowest BCUT2D eigenvalue weighted by Crippen LogP contribution is -2.35. The van der Waals surface area contributed by atoms with Gasteiger partial charge in [-0.15, -0.1) is 0 Å². The summed E-state index contributed by atoms with van der Waals surface area (Å²) in [5.41, 5.74) is 1.56. The fraction of sp³-hybridized carbons (Fsp3) is 0.273. The molecule has 2 aliphatic rings. The van der Waals surface area contributed by atoms with Crippen LogP contribution in [0.3, 0.4) is 0 Å². The first-order valence-corrected chi connectivity index (χ1v) is 11.0. The first kappa shape index (κ1) is 21.5. The molecule has 6 nitrogen and oxygen atoms in total. The van der Waals surface area contributed by atoms with E-state index in [0.29, 0.717) is 22.1 Å². The molecular weight excluding hydrogens is 441 g/mol. The highest BCUT2D eigenvalue weighted by atomic mass is 35.5. The molecule has 2 aromatic rings. The summed E-state index contributed by atoms with van der Waals surface area (Å²) in [5.74, 6) is -1.05. The van der Waals surface area contributed by atoms with Crippen molar-refractivity contribution in [2.75, 3.05) is 5.32 Å². The number of nitrogens with zero attached hydrogens (tertiary/aromatic N) is 2. The summed E-state index contributed by atoms with van der Waals surface area (Å²) in [6.07, 6.45) is 1.76. The van der Waals surface area contributed by atoms with Gasteiger partial charge in [0.05, 0.1) is 10.7 Å². The lowest BCUT2D eigenvalue weighted by atomic mass is 10.1. The third kappa shape index (κ3) is 4.97. The molecule has 0 radical (unpaired) electrons. The minimum Gasteiger partial charge on any atom is -0.326 e. The van der Waals surface area contributed by atoms with Crippen LogP contribution in [0, 0.1) is 5.82 Å². The number of hydrogen-bond acceptors (Lipinski definition) is 5. The minimum atomic E-state index is -0.591. The minimum absolute atomic E-state index is 0.00955. The van der Waals surface area contributed by atoms with Crippen LogP contribution in [0.4, 0.5) is 15.8 Å². The molecule has 1 heterocycles. The second kappa shape index (κ2) is 8.80. The zero-order chi connectivity index (χ0) is 22.1. The van der Waals surface area contributed by atoms with E-state index in [4.69, 9.17) is 11.6 Å². The number of thioether (sulfide) groups is 1. The SMILES string of the molecule is CC(=O)c1ccc(NC(=O)CC2SC(=Nc3ccc(F)c(Cl)c3)N(C3CC3)C2=O)cc1. The molecule has 1 unspecified atom stereocenters. The highest BCUT2D eigenvalue weighted by molar-refractivity contribution is 8.15. The lowest BCUT2D eigenvalue weighted by molar-refractivity contribution is -0.128. The number of benzene rings is 2. The van der Waals surface area contributed by atoms with Crippen molar-refractivity contribution in [1.82, 2.24) is 4.90 Å². The van der Waals surface area contributed by atoms with Crippen molar-refractivity contribution in [3.8, 4) is 0 Å². The summed E-state index contributed by atoms with van der Waals surface area (Å²) in [7, 11) is 0. The van der Waals surface area contributed by atoms with Crippen molar-refractivity contribution < 1.29 is 18.8 Å². The van der Waals surface area contributed by atoms with Gasteiger partial charge in [-0.25, -0.2) is 9.38 Å². The summed E-state index contributed by atoms with van der Waals surface area (Å²) in [5, 5.41) is 2.63. The number of amidine groups is 1. The highest BCUT2D eigenvalue weighted by Gasteiger charge is 2.46. The van der Waals surface area contributed by atoms with E-state index in [9.17, 15) is 18.8 Å². The average Bonchev–Trinajstić information content (AvgIpc) is 3.51. The van der Waals surface area contributed by atoms with Crippen LogP contribution in [0.25, 0.3) is 0 Å². The molecular formula is C22H19ClFN3O3S. The molecule has 31 heavy (non-hydrogen) atoms. The van der Waals surface area contributed by atoms with Crippen LogP contribution in [-0.2, 0) is 9.59 Å². The van der Waals surface area contributed by atoms with E-state index >= 15 is 0 Å². The van der Waals surface area contributed by atoms with Crippen molar-refractivity contribution in [2.24, 2.45) is 4.99 Å². The van der Waals surface area contributed by atoms with Crippen LogP contribution in [0.15, 0.2) is 47.5 Å². The van der Waals surface area contributed by atoms with E-state index in [1.165, 1.54) is 36.9 Å². The van der Waals surface area contributed by atoms with Crippen LogP contribution in [0.1, 0.15) is 36.5 Å². The van der Waals surface area contributed by atoms with E-state index in [1.54, 1.807) is 29.2 Å². The highest BCUT2D eigenvalue weighted by Crippen LogP contribution is 2.39. The topological polar surface area (TPSA) is 78.8 Å². The fourth-order valence-electron chi connectivity index (χ4n) is 3.20. The Bertz CT molecular complexity index is 1090. The van der Waals surface area contributed by atoms with Gasteiger partial charge in [0.25, 0.3) is 0 Å². The molecule has 2 aromatic carbocycles. The van der Waals surface area contributed by atoms with Crippen LogP contribution >= 0.6 is 23.4 Å². The maximum Gasteiger partial charge on any atom is 0.242 e. The number of carbonyl (C=O) groups excluding carboxylic acids is 3. The molecule has 9 heteroatoms. The molecule has 1 atom stereocenters. The molecule has 1 saturated carbocycles. The smallest absolute Gasteiger partial charge is 0.242 e. The second-order valence-electron chi connectivity index (χ2n) is 7.42. The number of Topliss-reactive ketones (excluding diaryl/α,β-unsaturated/α-hetero) is 1. The number of amides is 2. The van der Waals surface area contributed by atoms with Gasteiger partial charge >= 0.3 is 0 Å². The first-order valence-electron chi connectivity index (χ1n) is 9.76. The van der Waals surface area contributed by atoms with Crippen LogP contribution in [0.2, 0.25) is 5.02 Å². The Balaban J connectivity index is 1.46. The predicted molar refractivity (Wildman–Crippen MR) is 119 cm³/mol. The summed E-state index contributed by atoms with van der Waals surface area (Å²) >= 11 is 7.07. The maximum atomic E-state index is 13.4. The van der Waals surface area contributed by atoms with E-state index in [-0.39, 0.29) is 35.1 Å². The zero-order valence-corrected chi connectivity index (χ0v) is 18.2. The number of anilines is 1. The van der Waals surface area contributed by atoms with Gasteiger partial charge in [0.2, 0.25) is 11.8 Å². The quantitative estimate of drug-likeness (QED) is 0.629. The van der Waals surface area contributed by atoms with Gasteiger partial charge in [0.15, 0.2) is 11.0 Å². The number of halogens is 2. The Labute approximate surface area is 187 Å². The van der Waals surface area contributed by atoms with Gasteiger partial charge in [-0.1, -0.05) is 23.4 Å². The van der Waals surface area contributed by atoms with Crippen molar-refractivity contribution >= 4 is 57.5 Å². The van der Waals surface area contributed by atoms with Gasteiger partial charge in [-0.2, -0.15) is 0 Å². The van der Waals surface area contributed by atoms with Crippen molar-refractivity contribution in [3.63, 3.8) is 0 Å². The Morgan fingerprint density at radius 3 is 2.55 bits per heavy atom. The molecule has 0 spiro atoms. The molecule has 2 amide bonds. The van der Waals surface area contributed by atoms with Crippen LogP contribution < -0.4 is 5.32 Å². The van der Waals surface area contributed by atoms with Gasteiger partial charge in [0.1, 0.15) is 11.1 Å². The maximum absolute atomic E-state index is 13.4. The Morgan fingerprint density at radius 1 is 1.23 bits per heavy atom. The van der Waals surface area contributed by atoms with Gasteiger partial charge < -0.3 is 5.32 Å². The standard InChI is InChI=1S/C22H19ClFN3O3S/c1-12(28)13-2-4-14(5-3-13)25-20(29)11-19-21(30)27(16-7-8-16)22(31-19)26-15-6-9-18(24)17(23)10-15/h2-6,9-10,16,19H,7-8,11H2,1H3,(H,25,29). The number of rotatable bonds is 6. The van der Waals surface area contributed by atoms with Gasteiger partial charge in [-0.05, 0) is 62.2 Å². The van der Waals surface area contributed by atoms with Gasteiger partial charge in [-0.3, -0.25) is 19.3 Å². The number of ketones is 1. The largest absolute Gasteiger partial charge is 0.326 e. The Kier molecular flexibility index (Phi) is 6.11. The zero-order valence-electron chi connectivity index (χ0n) is 16.6. The number of aliphatic imine (C=N–C) groups is 1. The molecule has 1 aliphatic carbocycles. The van der Waals surface area contributed by atoms with Crippen molar-refractivity contribution in [3.05, 3.63) is 58.9 Å². The summed E-state index contributed by atoms with van der Waals surface area (Å²) in [6, 6.07) is 10.8. The van der Waals surface area contributed by atoms with Crippen molar-refractivity contribution in [2.45, 2.75) is 37.5 Å². The van der Waals surface area contributed by atoms with Crippen LogP contribution in [0.5, 0.6) is 0 Å². The summed E-state index contributed by atoms with van der Waals surface area (Å²) in [6.45, 7) is 1.47. The lowest BCUT2D eigenvalue weighted by Gasteiger charge is -2.15.